The molecular formula is C4H11NO4P+. The van der Waals surface area contributed by atoms with Gasteiger partial charge >= 0.3 is 8.25 Å². The van der Waals surface area contributed by atoms with Crippen molar-refractivity contribution in [3.05, 3.63) is 12.7 Å². The van der Waals surface area contributed by atoms with Gasteiger partial charge in [0.25, 0.3) is 0 Å². The molecule has 0 spiro atoms. The average Bonchev–Trinajstić information content (AvgIpc) is 1.65. The van der Waals surface area contributed by atoms with E-state index in [9.17, 15) is 4.79 Å². The predicted octanol–water partition coefficient (Wildman–Crippen LogP) is -0.0778. The third-order valence-electron chi connectivity index (χ3n) is 0.201. The molecule has 0 aliphatic heterocycles. The zero-order valence-electron chi connectivity index (χ0n) is 4.52. The summed E-state index contributed by atoms with van der Waals surface area (Å²) < 4.78 is 8.70. The van der Waals surface area contributed by atoms with Crippen molar-refractivity contribution in [1.29, 1.82) is 0 Å². The molecule has 0 fully saturated rings. The number of carbonyl (C=O) groups excluding carboxylic acids is 1. The summed E-state index contributed by atoms with van der Waals surface area (Å²) in [6.45, 7) is 3.09. The Labute approximate surface area is 60.1 Å². The Morgan fingerprint density at radius 2 is 1.70 bits per heavy atom. The molecule has 6 heteroatoms. The molecule has 0 aliphatic rings. The summed E-state index contributed by atoms with van der Waals surface area (Å²) in [7, 11) is -2.87. The first-order valence-electron chi connectivity index (χ1n) is 1.77. The fourth-order valence-corrected chi connectivity index (χ4v) is 0. The van der Waals surface area contributed by atoms with Crippen molar-refractivity contribution in [2.75, 3.05) is 0 Å². The minimum absolute atomic E-state index is 0. The van der Waals surface area contributed by atoms with E-state index in [0.29, 0.717) is 0 Å². The second-order valence-electron chi connectivity index (χ2n) is 0.859. The maximum atomic E-state index is 9.47. The zero-order valence-corrected chi connectivity index (χ0v) is 5.41. The van der Waals surface area contributed by atoms with Crippen LogP contribution < -0.4 is 5.73 Å². The van der Waals surface area contributed by atoms with Gasteiger partial charge in [-0.15, -0.1) is 9.79 Å². The van der Waals surface area contributed by atoms with Crippen LogP contribution in [-0.2, 0) is 9.36 Å². The summed E-state index contributed by atoms with van der Waals surface area (Å²) in [6.07, 6.45) is 1.06. The average molecular weight is 168 g/mol. The minimum atomic E-state index is -2.87. The molecule has 0 radical (unpaired) electrons. The van der Waals surface area contributed by atoms with E-state index in [1.54, 1.807) is 0 Å². The molecule has 0 bridgehead atoms. The third-order valence-corrected chi connectivity index (χ3v) is 0.201. The molecule has 4 N–H and O–H groups in total. The quantitative estimate of drug-likeness (QED) is 0.376. The lowest BCUT2D eigenvalue weighted by Gasteiger charge is -1.65. The monoisotopic (exact) mass is 168 g/mol. The third kappa shape index (κ3) is 185. The van der Waals surface area contributed by atoms with Crippen LogP contribution in [0, 0.1) is 0 Å². The standard InChI is InChI=1S/C3H5NO.CH4.HO3P/c1-2-3(4)5;;1-4(2)3/h2H,1H2,(H2,4,5);1H4;(H-,1,2,3)/p+1. The highest BCUT2D eigenvalue weighted by molar-refractivity contribution is 7.30. The van der Waals surface area contributed by atoms with Gasteiger partial charge in [-0.05, 0) is 6.08 Å². The summed E-state index contributed by atoms with van der Waals surface area (Å²) >= 11 is 0. The Kier molecular flexibility index (Phi) is 17.9. The predicted molar refractivity (Wildman–Crippen MR) is 38.2 cm³/mol. The van der Waals surface area contributed by atoms with Gasteiger partial charge in [-0.2, -0.15) is 0 Å². The molecule has 0 atom stereocenters. The molecule has 0 aromatic carbocycles. The van der Waals surface area contributed by atoms with Crippen molar-refractivity contribution >= 4 is 14.2 Å². The zero-order chi connectivity index (χ0) is 7.86. The van der Waals surface area contributed by atoms with E-state index in [1.807, 2.05) is 0 Å². The second-order valence-corrected chi connectivity index (χ2v) is 1.36. The molecule has 0 heterocycles. The number of amides is 1. The van der Waals surface area contributed by atoms with E-state index >= 15 is 0 Å². The van der Waals surface area contributed by atoms with E-state index in [0.717, 1.165) is 6.08 Å². The van der Waals surface area contributed by atoms with Crippen LogP contribution in [0.15, 0.2) is 12.7 Å². The number of carbonyl (C=O) groups is 1. The van der Waals surface area contributed by atoms with Gasteiger partial charge in [0.2, 0.25) is 5.91 Å². The van der Waals surface area contributed by atoms with Crippen molar-refractivity contribution in [2.45, 2.75) is 7.43 Å². The minimum Gasteiger partial charge on any atom is -0.366 e. The first kappa shape index (κ1) is 16.1. The summed E-state index contributed by atoms with van der Waals surface area (Å²) in [4.78, 5) is 23.7. The first-order valence-corrected chi connectivity index (χ1v) is 2.94. The molecule has 0 aromatic heterocycles. The number of rotatable bonds is 1. The van der Waals surface area contributed by atoms with Crippen LogP contribution >= 0.6 is 8.25 Å². The lowest BCUT2D eigenvalue weighted by atomic mass is 10.6. The van der Waals surface area contributed by atoms with Gasteiger partial charge in [0.15, 0.2) is 0 Å². The van der Waals surface area contributed by atoms with Crippen LogP contribution in [0.4, 0.5) is 0 Å². The van der Waals surface area contributed by atoms with Crippen LogP contribution in [0.5, 0.6) is 0 Å². The fourth-order valence-electron chi connectivity index (χ4n) is 0. The van der Waals surface area contributed by atoms with Gasteiger partial charge in [0.1, 0.15) is 0 Å². The van der Waals surface area contributed by atoms with Crippen molar-refractivity contribution in [3.63, 3.8) is 0 Å². The van der Waals surface area contributed by atoms with E-state index in [-0.39, 0.29) is 7.43 Å². The van der Waals surface area contributed by atoms with Crippen LogP contribution in [0.1, 0.15) is 7.43 Å². The summed E-state index contributed by atoms with van der Waals surface area (Å²) in [5, 5.41) is 0. The summed E-state index contributed by atoms with van der Waals surface area (Å²) in [5.74, 6) is -0.481. The van der Waals surface area contributed by atoms with Gasteiger partial charge in [0.05, 0.1) is 0 Å². The highest BCUT2D eigenvalue weighted by Crippen LogP contribution is 1.98. The molecule has 0 saturated heterocycles. The molecule has 10 heavy (non-hydrogen) atoms. The van der Waals surface area contributed by atoms with Crippen LogP contribution in [-0.4, -0.2) is 15.7 Å². The highest BCUT2D eigenvalue weighted by Gasteiger charge is 1.93. The molecule has 0 saturated carbocycles. The van der Waals surface area contributed by atoms with Crippen molar-refractivity contribution in [1.82, 2.24) is 0 Å². The SMILES string of the molecule is C.C=CC(N)=O.O=[P+](O)O. The van der Waals surface area contributed by atoms with E-state index in [2.05, 4.69) is 12.3 Å². The van der Waals surface area contributed by atoms with Crippen LogP contribution in [0.2, 0.25) is 0 Å². The normalized spacial score (nSPS) is 5.80. The topological polar surface area (TPSA) is 101 Å². The van der Waals surface area contributed by atoms with E-state index in [4.69, 9.17) is 14.4 Å². The van der Waals surface area contributed by atoms with Crippen molar-refractivity contribution in [3.8, 4) is 0 Å². The summed E-state index contributed by atoms with van der Waals surface area (Å²) in [6, 6.07) is 0. The smallest absolute Gasteiger partial charge is 0.366 e. The lowest BCUT2D eigenvalue weighted by Crippen LogP contribution is -2.04. The highest BCUT2D eigenvalue weighted by atomic mass is 31.1. The largest absolute Gasteiger partial charge is 0.692 e. The van der Waals surface area contributed by atoms with Gasteiger partial charge in [-0.3, -0.25) is 4.79 Å². The molecule has 60 valence electrons. The lowest BCUT2D eigenvalue weighted by molar-refractivity contribution is -0.113. The molecule has 1 amide bonds. The van der Waals surface area contributed by atoms with Gasteiger partial charge in [-0.1, -0.05) is 14.0 Å². The number of primary amides is 1. The molecule has 5 nitrogen and oxygen atoms in total. The van der Waals surface area contributed by atoms with Crippen LogP contribution in [0.25, 0.3) is 0 Å². The Morgan fingerprint density at radius 1 is 1.60 bits per heavy atom. The van der Waals surface area contributed by atoms with Crippen molar-refractivity contribution in [2.24, 2.45) is 5.73 Å². The van der Waals surface area contributed by atoms with Gasteiger partial charge in [-0.25, -0.2) is 0 Å². The molecule has 0 rings (SSSR count). The number of hydrogen-bond donors (Lipinski definition) is 3. The number of nitrogens with two attached hydrogens (primary N) is 1. The number of hydrogen-bond acceptors (Lipinski definition) is 2. The first-order chi connectivity index (χ1) is 4.00. The van der Waals surface area contributed by atoms with Gasteiger partial charge in [0, 0.05) is 4.57 Å². The maximum absolute atomic E-state index is 9.47. The Bertz CT molecular complexity index is 120. The van der Waals surface area contributed by atoms with Gasteiger partial charge < -0.3 is 5.73 Å². The maximum Gasteiger partial charge on any atom is 0.692 e. The molecular weight excluding hydrogens is 157 g/mol. The van der Waals surface area contributed by atoms with E-state index < -0.39 is 14.2 Å². The fraction of sp³-hybridized carbons (Fsp3) is 0.250. The Balaban J connectivity index is -0.0000000910. The van der Waals surface area contributed by atoms with E-state index in [1.165, 1.54) is 0 Å². The second kappa shape index (κ2) is 11.1. The molecule has 0 aromatic rings. The molecule has 0 unspecified atom stereocenters. The Hall–Kier alpha value is -0.770. The Morgan fingerprint density at radius 3 is 1.70 bits per heavy atom. The summed E-state index contributed by atoms with van der Waals surface area (Å²) in [5.41, 5.74) is 4.53. The van der Waals surface area contributed by atoms with Crippen molar-refractivity contribution < 1.29 is 19.1 Å². The van der Waals surface area contributed by atoms with Crippen LogP contribution in [0.3, 0.4) is 0 Å². The molecule has 0 aliphatic carbocycles.